The summed E-state index contributed by atoms with van der Waals surface area (Å²) in [5, 5.41) is 5.69. The van der Waals surface area contributed by atoms with E-state index >= 15 is 0 Å². The summed E-state index contributed by atoms with van der Waals surface area (Å²) < 4.78 is 0. The first-order valence-corrected chi connectivity index (χ1v) is 9.63. The number of benzene rings is 1. The van der Waals surface area contributed by atoms with E-state index in [-0.39, 0.29) is 43.1 Å². The van der Waals surface area contributed by atoms with E-state index in [0.29, 0.717) is 23.7 Å². The van der Waals surface area contributed by atoms with Crippen molar-refractivity contribution in [3.8, 4) is 0 Å². The maximum absolute atomic E-state index is 12.5. The molecular weight excluding hydrogens is 384 g/mol. The quantitative estimate of drug-likeness (QED) is 0.745. The summed E-state index contributed by atoms with van der Waals surface area (Å²) in [6.07, 6.45) is 1.45. The van der Waals surface area contributed by atoms with Crippen LogP contribution in [0.1, 0.15) is 19.3 Å². The number of carbonyl (C=O) groups excluding carboxylic acids is 4. The first-order chi connectivity index (χ1) is 13.4. The smallest absolute Gasteiger partial charge is 0.242 e. The van der Waals surface area contributed by atoms with Gasteiger partial charge in [0.2, 0.25) is 23.6 Å². The molecule has 2 N–H and O–H groups in total. The van der Waals surface area contributed by atoms with E-state index in [1.807, 2.05) is 0 Å². The van der Waals surface area contributed by atoms with E-state index in [1.54, 1.807) is 24.3 Å². The average Bonchev–Trinajstić information content (AvgIpc) is 3.32. The Morgan fingerprint density at radius 3 is 2.75 bits per heavy atom. The van der Waals surface area contributed by atoms with Crippen molar-refractivity contribution in [3.05, 3.63) is 29.3 Å². The summed E-state index contributed by atoms with van der Waals surface area (Å²) >= 11 is 5.97. The largest absolute Gasteiger partial charge is 0.357 e. The van der Waals surface area contributed by atoms with Crippen LogP contribution < -0.4 is 15.5 Å². The Bertz CT molecular complexity index is 800. The normalized spacial score (nSPS) is 21.7. The number of hydrogen-bond acceptors (Lipinski definition) is 4. The second kappa shape index (κ2) is 8.60. The molecule has 0 aliphatic carbocycles. The molecule has 1 aromatic rings. The summed E-state index contributed by atoms with van der Waals surface area (Å²) in [4.78, 5) is 52.1. The summed E-state index contributed by atoms with van der Waals surface area (Å²) in [6, 6.07) is 6.41. The molecule has 150 valence electrons. The summed E-state index contributed by atoms with van der Waals surface area (Å²) in [6.45, 7) is 0.551. The van der Waals surface area contributed by atoms with Crippen LogP contribution in [0, 0.1) is 5.92 Å². The van der Waals surface area contributed by atoms with Gasteiger partial charge in [-0.05, 0) is 31.0 Å². The summed E-state index contributed by atoms with van der Waals surface area (Å²) in [5.74, 6) is -1.53. The Kier molecular flexibility index (Phi) is 6.18. The highest BCUT2D eigenvalue weighted by molar-refractivity contribution is 6.31. The van der Waals surface area contributed by atoms with Crippen molar-refractivity contribution < 1.29 is 19.2 Å². The van der Waals surface area contributed by atoms with E-state index in [9.17, 15) is 19.2 Å². The van der Waals surface area contributed by atoms with Gasteiger partial charge in [-0.25, -0.2) is 0 Å². The Labute approximate surface area is 168 Å². The van der Waals surface area contributed by atoms with Crippen LogP contribution in [0.2, 0.25) is 5.02 Å². The van der Waals surface area contributed by atoms with Crippen molar-refractivity contribution in [2.45, 2.75) is 25.3 Å². The van der Waals surface area contributed by atoms with Crippen molar-refractivity contribution in [2.24, 2.45) is 5.92 Å². The van der Waals surface area contributed by atoms with Crippen LogP contribution >= 0.6 is 11.6 Å². The van der Waals surface area contributed by atoms with Crippen LogP contribution in [-0.4, -0.2) is 61.3 Å². The van der Waals surface area contributed by atoms with E-state index in [4.69, 9.17) is 11.6 Å². The molecule has 0 bridgehead atoms. The monoisotopic (exact) mass is 406 g/mol. The third-order valence-corrected chi connectivity index (χ3v) is 5.39. The van der Waals surface area contributed by atoms with E-state index in [0.717, 1.165) is 6.42 Å². The highest BCUT2D eigenvalue weighted by Crippen LogP contribution is 2.27. The Morgan fingerprint density at radius 2 is 2.04 bits per heavy atom. The first-order valence-electron chi connectivity index (χ1n) is 9.25. The number of nitrogens with zero attached hydrogens (tertiary/aromatic N) is 2. The topological polar surface area (TPSA) is 98.8 Å². The minimum Gasteiger partial charge on any atom is -0.357 e. The van der Waals surface area contributed by atoms with Gasteiger partial charge >= 0.3 is 0 Å². The number of nitrogens with one attached hydrogen (secondary N) is 2. The number of halogens is 1. The number of likely N-dealkylation sites (N-methyl/N-ethyl adjacent to an activating group) is 1. The fourth-order valence-corrected chi connectivity index (χ4v) is 3.87. The molecule has 2 heterocycles. The molecule has 1 aromatic carbocycles. The molecule has 0 radical (unpaired) electrons. The molecule has 2 unspecified atom stereocenters. The van der Waals surface area contributed by atoms with Gasteiger partial charge in [-0.2, -0.15) is 0 Å². The minimum absolute atomic E-state index is 0.0805. The number of likely N-dealkylation sites (tertiary alicyclic amines) is 1. The van der Waals surface area contributed by atoms with Gasteiger partial charge in [0.1, 0.15) is 6.04 Å². The average molecular weight is 407 g/mol. The maximum Gasteiger partial charge on any atom is 0.242 e. The van der Waals surface area contributed by atoms with Crippen LogP contribution in [0.25, 0.3) is 0 Å². The van der Waals surface area contributed by atoms with Gasteiger partial charge in [0.15, 0.2) is 0 Å². The van der Waals surface area contributed by atoms with Crippen LogP contribution in [0.15, 0.2) is 24.3 Å². The van der Waals surface area contributed by atoms with Gasteiger partial charge in [0.25, 0.3) is 0 Å². The Morgan fingerprint density at radius 1 is 1.25 bits per heavy atom. The van der Waals surface area contributed by atoms with Gasteiger partial charge in [-0.15, -0.1) is 0 Å². The molecule has 0 aromatic heterocycles. The van der Waals surface area contributed by atoms with E-state index < -0.39 is 12.0 Å². The van der Waals surface area contributed by atoms with Crippen molar-refractivity contribution in [2.75, 3.05) is 31.6 Å². The van der Waals surface area contributed by atoms with E-state index in [2.05, 4.69) is 10.6 Å². The van der Waals surface area contributed by atoms with Crippen LogP contribution in [0.3, 0.4) is 0 Å². The van der Waals surface area contributed by atoms with Gasteiger partial charge in [0, 0.05) is 37.3 Å². The predicted molar refractivity (Wildman–Crippen MR) is 104 cm³/mol. The standard InChI is InChI=1S/C19H23ClN4O4/c1-21-19(28)15-6-3-7-23(15)17(26)10-22-18(27)12-8-16(25)24(11-12)14-5-2-4-13(20)9-14/h2,4-5,9,12,15H,3,6-8,10-11H2,1H3,(H,21,28)(H,22,27). The fourth-order valence-electron chi connectivity index (χ4n) is 3.69. The number of rotatable bonds is 5. The molecule has 3 rings (SSSR count). The molecule has 0 spiro atoms. The van der Waals surface area contributed by atoms with Gasteiger partial charge in [-0.3, -0.25) is 19.2 Å². The molecule has 2 fully saturated rings. The van der Waals surface area contributed by atoms with Crippen LogP contribution in [-0.2, 0) is 19.2 Å². The Balaban J connectivity index is 1.55. The SMILES string of the molecule is CNC(=O)C1CCCN1C(=O)CNC(=O)C1CC(=O)N(c2cccc(Cl)c2)C1. The molecule has 2 aliphatic heterocycles. The third-order valence-electron chi connectivity index (χ3n) is 5.15. The first kappa shape index (κ1) is 20.1. The molecular formula is C19H23ClN4O4. The molecule has 0 saturated carbocycles. The number of hydrogen-bond donors (Lipinski definition) is 2. The number of amides is 4. The maximum atomic E-state index is 12.5. The number of anilines is 1. The van der Waals surface area contributed by atoms with Crippen molar-refractivity contribution >= 4 is 40.9 Å². The van der Waals surface area contributed by atoms with E-state index in [1.165, 1.54) is 16.8 Å². The third kappa shape index (κ3) is 4.27. The molecule has 9 heteroatoms. The molecule has 2 aliphatic rings. The van der Waals surface area contributed by atoms with Gasteiger partial charge in [-0.1, -0.05) is 17.7 Å². The molecule has 2 saturated heterocycles. The highest BCUT2D eigenvalue weighted by Gasteiger charge is 2.37. The highest BCUT2D eigenvalue weighted by atomic mass is 35.5. The molecule has 2 atom stereocenters. The minimum atomic E-state index is -0.535. The summed E-state index contributed by atoms with van der Waals surface area (Å²) in [7, 11) is 1.54. The zero-order valence-electron chi connectivity index (χ0n) is 15.6. The summed E-state index contributed by atoms with van der Waals surface area (Å²) in [5.41, 5.74) is 0.648. The lowest BCUT2D eigenvalue weighted by Crippen LogP contribution is -2.48. The lowest BCUT2D eigenvalue weighted by molar-refractivity contribution is -0.138. The number of carbonyl (C=O) groups is 4. The zero-order chi connectivity index (χ0) is 20.3. The fraction of sp³-hybridized carbons (Fsp3) is 0.474. The zero-order valence-corrected chi connectivity index (χ0v) is 16.4. The second-order valence-electron chi connectivity index (χ2n) is 6.96. The second-order valence-corrected chi connectivity index (χ2v) is 7.40. The van der Waals surface area contributed by atoms with Crippen LogP contribution in [0.4, 0.5) is 5.69 Å². The molecule has 8 nitrogen and oxygen atoms in total. The lowest BCUT2D eigenvalue weighted by atomic mass is 10.1. The Hall–Kier alpha value is -2.61. The predicted octanol–water partition coefficient (Wildman–Crippen LogP) is 0.546. The van der Waals surface area contributed by atoms with Gasteiger partial charge in [0.05, 0.1) is 12.5 Å². The van der Waals surface area contributed by atoms with Crippen molar-refractivity contribution in [3.63, 3.8) is 0 Å². The molecule has 28 heavy (non-hydrogen) atoms. The molecule has 4 amide bonds. The van der Waals surface area contributed by atoms with Crippen molar-refractivity contribution in [1.29, 1.82) is 0 Å². The van der Waals surface area contributed by atoms with Crippen LogP contribution in [0.5, 0.6) is 0 Å². The lowest BCUT2D eigenvalue weighted by Gasteiger charge is -2.23. The van der Waals surface area contributed by atoms with Gasteiger partial charge < -0.3 is 20.4 Å². The van der Waals surface area contributed by atoms with Crippen molar-refractivity contribution in [1.82, 2.24) is 15.5 Å².